The Labute approximate surface area is 84.1 Å². The lowest BCUT2D eigenvalue weighted by molar-refractivity contribution is 0.213. The third kappa shape index (κ3) is 2.66. The molecule has 82 valence electrons. The Morgan fingerprint density at radius 3 is 2.43 bits per heavy atom. The quantitative estimate of drug-likeness (QED) is 0.556. The molecule has 0 aromatic rings. The molecule has 0 bridgehead atoms. The Morgan fingerprint density at radius 2 is 2.00 bits per heavy atom. The monoisotopic (exact) mass is 220 g/mol. The van der Waals surface area contributed by atoms with Gasteiger partial charge in [-0.1, -0.05) is 0 Å². The predicted octanol–water partition coefficient (Wildman–Crippen LogP) is -0.655. The topological polar surface area (TPSA) is 78.4 Å². The first-order valence-electron chi connectivity index (χ1n) is 4.93. The summed E-state index contributed by atoms with van der Waals surface area (Å²) in [5, 5.41) is 8.99. The van der Waals surface area contributed by atoms with Gasteiger partial charge in [0.05, 0.1) is 0 Å². The van der Waals surface area contributed by atoms with Crippen LogP contribution in [0.3, 0.4) is 0 Å². The van der Waals surface area contributed by atoms with Gasteiger partial charge in [0, 0.05) is 24.6 Å². The van der Waals surface area contributed by atoms with Crippen LogP contribution in [0.25, 0.3) is 0 Å². The maximum absolute atomic E-state index is 11.4. The first-order chi connectivity index (χ1) is 6.55. The zero-order valence-electron chi connectivity index (χ0n) is 7.99. The molecular formula is C8H16N2O3S. The summed E-state index contributed by atoms with van der Waals surface area (Å²) in [6.07, 6.45) is 3.70. The number of hydrogen-bond acceptors (Lipinski definition) is 3. The van der Waals surface area contributed by atoms with Crippen LogP contribution >= 0.6 is 0 Å². The Kier molecular flexibility index (Phi) is 2.55. The van der Waals surface area contributed by atoms with Gasteiger partial charge in [-0.2, -0.15) is 13.1 Å². The zero-order chi connectivity index (χ0) is 10.2. The van der Waals surface area contributed by atoms with Crippen LogP contribution in [0.15, 0.2) is 0 Å². The number of aliphatic hydroxyl groups excluding tert-OH is 1. The summed E-state index contributed by atoms with van der Waals surface area (Å²) in [5.41, 5.74) is -0.168. The maximum atomic E-state index is 11.4. The van der Waals surface area contributed by atoms with E-state index in [-0.39, 0.29) is 18.1 Å². The molecule has 0 amide bonds. The summed E-state index contributed by atoms with van der Waals surface area (Å²) in [5.74, 6) is 0. The Morgan fingerprint density at radius 1 is 1.36 bits per heavy atom. The average Bonchev–Trinajstić information content (AvgIpc) is 2.96. The van der Waals surface area contributed by atoms with Gasteiger partial charge in [-0.25, -0.2) is 4.72 Å². The van der Waals surface area contributed by atoms with Crippen molar-refractivity contribution in [1.29, 1.82) is 0 Å². The molecule has 0 radical (unpaired) electrons. The van der Waals surface area contributed by atoms with E-state index in [0.717, 1.165) is 25.7 Å². The highest BCUT2D eigenvalue weighted by Gasteiger charge is 2.42. The molecule has 5 nitrogen and oxygen atoms in total. The molecule has 0 unspecified atom stereocenters. The van der Waals surface area contributed by atoms with Crippen LogP contribution in [-0.2, 0) is 10.2 Å². The molecule has 2 rings (SSSR count). The second-order valence-corrected chi connectivity index (χ2v) is 5.91. The van der Waals surface area contributed by atoms with Gasteiger partial charge in [0.1, 0.15) is 0 Å². The van der Waals surface area contributed by atoms with Gasteiger partial charge < -0.3 is 5.11 Å². The number of aliphatic hydroxyl groups is 1. The van der Waals surface area contributed by atoms with Crippen molar-refractivity contribution in [3.8, 4) is 0 Å². The molecule has 2 aliphatic carbocycles. The molecule has 2 fully saturated rings. The second-order valence-electron chi connectivity index (χ2n) is 4.37. The van der Waals surface area contributed by atoms with Gasteiger partial charge in [0.25, 0.3) is 10.2 Å². The minimum absolute atomic E-state index is 0.0684. The zero-order valence-corrected chi connectivity index (χ0v) is 8.81. The molecule has 0 aromatic heterocycles. The minimum atomic E-state index is -3.33. The fraction of sp³-hybridized carbons (Fsp3) is 1.00. The smallest absolute Gasteiger partial charge is 0.277 e. The first-order valence-corrected chi connectivity index (χ1v) is 6.41. The van der Waals surface area contributed by atoms with Crippen molar-refractivity contribution in [2.75, 3.05) is 13.2 Å². The molecule has 0 saturated heterocycles. The molecule has 0 spiro atoms. The van der Waals surface area contributed by atoms with Gasteiger partial charge in [-0.3, -0.25) is 0 Å². The highest BCUT2D eigenvalue weighted by molar-refractivity contribution is 7.87. The molecular weight excluding hydrogens is 204 g/mol. The van der Waals surface area contributed by atoms with Gasteiger partial charge in [-0.05, 0) is 25.7 Å². The van der Waals surface area contributed by atoms with Crippen molar-refractivity contribution in [3.05, 3.63) is 0 Å². The van der Waals surface area contributed by atoms with Crippen molar-refractivity contribution < 1.29 is 13.5 Å². The normalized spacial score (nSPS) is 24.9. The summed E-state index contributed by atoms with van der Waals surface area (Å²) in [4.78, 5) is 0. The molecule has 0 aliphatic heterocycles. The summed E-state index contributed by atoms with van der Waals surface area (Å²) < 4.78 is 27.8. The Balaban J connectivity index is 1.78. The third-order valence-electron chi connectivity index (χ3n) is 2.83. The summed E-state index contributed by atoms with van der Waals surface area (Å²) in [6, 6.07) is 0.136. The fourth-order valence-electron chi connectivity index (χ4n) is 1.28. The second kappa shape index (κ2) is 3.44. The highest BCUT2D eigenvalue weighted by Crippen LogP contribution is 2.44. The lowest BCUT2D eigenvalue weighted by Gasteiger charge is -2.13. The number of hydrogen-bond donors (Lipinski definition) is 3. The van der Waals surface area contributed by atoms with E-state index in [9.17, 15) is 8.42 Å². The summed E-state index contributed by atoms with van der Waals surface area (Å²) >= 11 is 0. The standard InChI is InChI=1S/C8H16N2O3S/c11-6-8(3-4-8)5-9-14(12,13)10-7-1-2-7/h7,9-11H,1-6H2. The molecule has 14 heavy (non-hydrogen) atoms. The minimum Gasteiger partial charge on any atom is -0.396 e. The Bertz CT molecular complexity index is 307. The van der Waals surface area contributed by atoms with Crippen LogP contribution < -0.4 is 9.44 Å². The molecule has 2 aliphatic rings. The summed E-state index contributed by atoms with van der Waals surface area (Å²) in [6.45, 7) is 0.421. The largest absolute Gasteiger partial charge is 0.396 e. The van der Waals surface area contributed by atoms with E-state index in [2.05, 4.69) is 9.44 Å². The summed E-state index contributed by atoms with van der Waals surface area (Å²) in [7, 11) is -3.33. The highest BCUT2D eigenvalue weighted by atomic mass is 32.2. The van der Waals surface area contributed by atoms with E-state index >= 15 is 0 Å². The fourth-order valence-corrected chi connectivity index (χ4v) is 2.53. The molecule has 2 saturated carbocycles. The molecule has 3 N–H and O–H groups in total. The number of nitrogens with one attached hydrogen (secondary N) is 2. The van der Waals surface area contributed by atoms with Crippen molar-refractivity contribution in [2.24, 2.45) is 5.41 Å². The third-order valence-corrected chi connectivity index (χ3v) is 4.00. The van der Waals surface area contributed by atoms with Crippen molar-refractivity contribution in [1.82, 2.24) is 9.44 Å². The molecule has 0 atom stereocenters. The SMILES string of the molecule is O=S(=O)(NCC1(CO)CC1)NC1CC1. The number of rotatable bonds is 6. The predicted molar refractivity (Wildman–Crippen MR) is 51.8 cm³/mol. The lowest BCUT2D eigenvalue weighted by Crippen LogP contribution is -2.41. The van der Waals surface area contributed by atoms with Crippen molar-refractivity contribution >= 4 is 10.2 Å². The van der Waals surface area contributed by atoms with E-state index in [1.54, 1.807) is 0 Å². The first kappa shape index (κ1) is 10.4. The molecule has 6 heteroatoms. The van der Waals surface area contributed by atoms with E-state index in [1.807, 2.05) is 0 Å². The molecule has 0 aromatic carbocycles. The van der Waals surface area contributed by atoms with E-state index < -0.39 is 10.2 Å². The van der Waals surface area contributed by atoms with E-state index in [0.29, 0.717) is 6.54 Å². The van der Waals surface area contributed by atoms with Gasteiger partial charge >= 0.3 is 0 Å². The van der Waals surface area contributed by atoms with E-state index in [4.69, 9.17) is 5.11 Å². The van der Waals surface area contributed by atoms with Crippen LogP contribution in [0.2, 0.25) is 0 Å². The van der Waals surface area contributed by atoms with Gasteiger partial charge in [0.2, 0.25) is 0 Å². The average molecular weight is 220 g/mol. The van der Waals surface area contributed by atoms with Gasteiger partial charge in [0.15, 0.2) is 0 Å². The van der Waals surface area contributed by atoms with Crippen molar-refractivity contribution in [3.63, 3.8) is 0 Å². The van der Waals surface area contributed by atoms with Crippen LogP contribution in [0.1, 0.15) is 25.7 Å². The maximum Gasteiger partial charge on any atom is 0.277 e. The van der Waals surface area contributed by atoms with Crippen LogP contribution in [0, 0.1) is 5.41 Å². The Hall–Kier alpha value is -0.170. The van der Waals surface area contributed by atoms with Crippen LogP contribution in [-0.4, -0.2) is 32.7 Å². The van der Waals surface area contributed by atoms with Crippen molar-refractivity contribution in [2.45, 2.75) is 31.7 Å². The van der Waals surface area contributed by atoms with Crippen LogP contribution in [0.4, 0.5) is 0 Å². The molecule has 0 heterocycles. The van der Waals surface area contributed by atoms with E-state index in [1.165, 1.54) is 0 Å². The van der Waals surface area contributed by atoms with Gasteiger partial charge in [-0.15, -0.1) is 0 Å². The lowest BCUT2D eigenvalue weighted by atomic mass is 10.1. The van der Waals surface area contributed by atoms with Crippen LogP contribution in [0.5, 0.6) is 0 Å².